The van der Waals surface area contributed by atoms with Gasteiger partial charge in [0.1, 0.15) is 5.65 Å². The molecule has 7 aromatic carbocycles. The third kappa shape index (κ3) is 2.83. The van der Waals surface area contributed by atoms with Gasteiger partial charge in [0.05, 0.1) is 16.6 Å². The molecule has 0 bridgehead atoms. The van der Waals surface area contributed by atoms with Crippen molar-refractivity contribution in [3.63, 3.8) is 0 Å². The maximum atomic E-state index is 5.20. The first-order valence-electron chi connectivity index (χ1n) is 13.4. The van der Waals surface area contributed by atoms with Crippen LogP contribution in [0.2, 0.25) is 0 Å². The standard InChI is InChI=1S/C37H22N2/c1-4-12-27-23(9-1)17-20-31-30-19-18-25(22-35(30)39-34-16-8-7-15-33(34)38-37(39)36(27)31)32-21-24-10-2-3-11-26(24)28-13-5-6-14-29(28)32/h1-22H. The molecule has 0 amide bonds. The van der Waals surface area contributed by atoms with Crippen LogP contribution in [0.1, 0.15) is 0 Å². The van der Waals surface area contributed by atoms with Crippen LogP contribution in [0.5, 0.6) is 0 Å². The van der Waals surface area contributed by atoms with Gasteiger partial charge in [-0.25, -0.2) is 4.98 Å². The molecule has 2 aromatic heterocycles. The number of rotatable bonds is 1. The predicted octanol–water partition coefficient (Wildman–Crippen LogP) is 9.92. The van der Waals surface area contributed by atoms with Crippen LogP contribution >= 0.6 is 0 Å². The third-order valence-electron chi connectivity index (χ3n) is 8.32. The largest absolute Gasteiger partial charge is 0.292 e. The van der Waals surface area contributed by atoms with E-state index < -0.39 is 0 Å². The predicted molar refractivity (Wildman–Crippen MR) is 166 cm³/mol. The molecule has 0 atom stereocenters. The Labute approximate surface area is 224 Å². The molecular formula is C37H22N2. The van der Waals surface area contributed by atoms with Gasteiger partial charge >= 0.3 is 0 Å². The van der Waals surface area contributed by atoms with Crippen LogP contribution in [-0.4, -0.2) is 9.38 Å². The van der Waals surface area contributed by atoms with Crippen LogP contribution in [0.3, 0.4) is 0 Å². The molecule has 0 aliphatic rings. The van der Waals surface area contributed by atoms with Crippen molar-refractivity contribution in [3.05, 3.63) is 133 Å². The van der Waals surface area contributed by atoms with Crippen LogP contribution in [-0.2, 0) is 0 Å². The molecule has 9 aromatic rings. The molecule has 2 heterocycles. The molecule has 0 saturated heterocycles. The smallest absolute Gasteiger partial charge is 0.147 e. The summed E-state index contributed by atoms with van der Waals surface area (Å²) in [6.45, 7) is 0. The quantitative estimate of drug-likeness (QED) is 0.208. The van der Waals surface area contributed by atoms with E-state index in [9.17, 15) is 0 Å². The molecule has 0 aliphatic carbocycles. The number of aromatic nitrogens is 2. The first-order chi connectivity index (χ1) is 19.3. The fraction of sp³-hybridized carbons (Fsp3) is 0. The number of nitrogens with zero attached hydrogens (tertiary/aromatic N) is 2. The van der Waals surface area contributed by atoms with Gasteiger partial charge in [0.2, 0.25) is 0 Å². The summed E-state index contributed by atoms with van der Waals surface area (Å²) in [6.07, 6.45) is 0. The molecule has 9 rings (SSSR count). The lowest BCUT2D eigenvalue weighted by molar-refractivity contribution is 1.32. The zero-order valence-corrected chi connectivity index (χ0v) is 21.1. The number of pyridine rings is 1. The summed E-state index contributed by atoms with van der Waals surface area (Å²) in [7, 11) is 0. The van der Waals surface area contributed by atoms with E-state index in [0.717, 1.165) is 16.7 Å². The molecule has 0 radical (unpaired) electrons. The SMILES string of the molecule is c1ccc2c(c1)cc(-c1ccc3c4ccc5ccccc5c4c4nc5ccccc5n4c3c1)c1ccccc12. The fourth-order valence-corrected chi connectivity index (χ4v) is 6.58. The molecule has 0 unspecified atom stereocenters. The molecule has 0 saturated carbocycles. The van der Waals surface area contributed by atoms with Gasteiger partial charge in [-0.1, -0.05) is 109 Å². The highest BCUT2D eigenvalue weighted by Crippen LogP contribution is 2.40. The Bertz CT molecular complexity index is 2450. The van der Waals surface area contributed by atoms with Gasteiger partial charge in [-0.2, -0.15) is 0 Å². The van der Waals surface area contributed by atoms with Crippen molar-refractivity contribution < 1.29 is 0 Å². The van der Waals surface area contributed by atoms with Crippen LogP contribution in [0.15, 0.2) is 133 Å². The van der Waals surface area contributed by atoms with Crippen LogP contribution in [0, 0.1) is 0 Å². The Hall–Kier alpha value is -5.21. The molecular weight excluding hydrogens is 472 g/mol. The molecule has 180 valence electrons. The summed E-state index contributed by atoms with van der Waals surface area (Å²) in [5.41, 5.74) is 6.80. The maximum absolute atomic E-state index is 5.20. The molecule has 0 N–H and O–H groups in total. The van der Waals surface area contributed by atoms with Gasteiger partial charge in [-0.3, -0.25) is 4.40 Å². The summed E-state index contributed by atoms with van der Waals surface area (Å²) in [5.74, 6) is 0. The zero-order chi connectivity index (χ0) is 25.5. The van der Waals surface area contributed by atoms with Crippen molar-refractivity contribution in [3.8, 4) is 11.1 Å². The second-order valence-corrected chi connectivity index (χ2v) is 10.4. The van der Waals surface area contributed by atoms with Crippen molar-refractivity contribution in [2.75, 3.05) is 0 Å². The topological polar surface area (TPSA) is 17.3 Å². The second kappa shape index (κ2) is 7.66. The summed E-state index contributed by atoms with van der Waals surface area (Å²) in [6, 6.07) is 48.4. The number of imidazole rings is 1. The third-order valence-corrected chi connectivity index (χ3v) is 8.32. The Kier molecular flexibility index (Phi) is 4.08. The zero-order valence-electron chi connectivity index (χ0n) is 21.1. The van der Waals surface area contributed by atoms with E-state index in [2.05, 4.69) is 138 Å². The highest BCUT2D eigenvalue weighted by Gasteiger charge is 2.17. The summed E-state index contributed by atoms with van der Waals surface area (Å²) < 4.78 is 2.37. The first kappa shape index (κ1) is 20.8. The van der Waals surface area contributed by atoms with Gasteiger partial charge in [0.15, 0.2) is 0 Å². The second-order valence-electron chi connectivity index (χ2n) is 10.4. The van der Waals surface area contributed by atoms with E-state index in [-0.39, 0.29) is 0 Å². The Morgan fingerprint density at radius 1 is 0.436 bits per heavy atom. The maximum Gasteiger partial charge on any atom is 0.147 e. The van der Waals surface area contributed by atoms with Crippen molar-refractivity contribution in [1.82, 2.24) is 9.38 Å². The minimum atomic E-state index is 1.01. The van der Waals surface area contributed by atoms with Gasteiger partial charge in [-0.05, 0) is 73.1 Å². The lowest BCUT2D eigenvalue weighted by Gasteiger charge is -2.15. The van der Waals surface area contributed by atoms with Crippen LogP contribution in [0.25, 0.3) is 81.8 Å². The highest BCUT2D eigenvalue weighted by atomic mass is 15.0. The van der Waals surface area contributed by atoms with Crippen molar-refractivity contribution in [2.24, 2.45) is 0 Å². The monoisotopic (exact) mass is 494 g/mol. The fourth-order valence-electron chi connectivity index (χ4n) is 6.58. The first-order valence-corrected chi connectivity index (χ1v) is 13.4. The lowest BCUT2D eigenvalue weighted by atomic mass is 9.92. The van der Waals surface area contributed by atoms with E-state index in [1.807, 2.05) is 0 Å². The molecule has 39 heavy (non-hydrogen) atoms. The van der Waals surface area contributed by atoms with Crippen LogP contribution < -0.4 is 0 Å². The molecule has 0 aliphatic heterocycles. The van der Waals surface area contributed by atoms with Crippen LogP contribution in [0.4, 0.5) is 0 Å². The van der Waals surface area contributed by atoms with E-state index in [1.165, 1.54) is 65.1 Å². The Morgan fingerprint density at radius 3 is 2.03 bits per heavy atom. The molecule has 2 heteroatoms. The normalized spacial score (nSPS) is 12.1. The van der Waals surface area contributed by atoms with Crippen molar-refractivity contribution in [1.29, 1.82) is 0 Å². The van der Waals surface area contributed by atoms with E-state index in [0.29, 0.717) is 0 Å². The number of hydrogen-bond donors (Lipinski definition) is 0. The molecule has 0 spiro atoms. The van der Waals surface area contributed by atoms with Gasteiger partial charge in [0.25, 0.3) is 0 Å². The highest BCUT2D eigenvalue weighted by molar-refractivity contribution is 6.23. The number of hydrogen-bond acceptors (Lipinski definition) is 1. The molecule has 2 nitrogen and oxygen atoms in total. The summed E-state index contributed by atoms with van der Waals surface area (Å²) in [4.78, 5) is 5.20. The van der Waals surface area contributed by atoms with E-state index >= 15 is 0 Å². The number of benzene rings is 7. The van der Waals surface area contributed by atoms with Crippen molar-refractivity contribution in [2.45, 2.75) is 0 Å². The Morgan fingerprint density at radius 2 is 1.13 bits per heavy atom. The number of fused-ring (bicyclic) bond motifs is 13. The average molecular weight is 495 g/mol. The van der Waals surface area contributed by atoms with E-state index in [4.69, 9.17) is 4.98 Å². The minimum absolute atomic E-state index is 1.01. The van der Waals surface area contributed by atoms with Crippen molar-refractivity contribution >= 4 is 70.7 Å². The Balaban J connectivity index is 1.48. The summed E-state index contributed by atoms with van der Waals surface area (Å²) in [5, 5.41) is 11.3. The minimum Gasteiger partial charge on any atom is -0.292 e. The van der Waals surface area contributed by atoms with Gasteiger partial charge in [0, 0.05) is 10.8 Å². The molecule has 0 fully saturated rings. The lowest BCUT2D eigenvalue weighted by Crippen LogP contribution is -1.93. The number of para-hydroxylation sites is 2. The summed E-state index contributed by atoms with van der Waals surface area (Å²) >= 11 is 0. The van der Waals surface area contributed by atoms with E-state index in [1.54, 1.807) is 0 Å². The van der Waals surface area contributed by atoms with Gasteiger partial charge < -0.3 is 0 Å². The average Bonchev–Trinajstić information content (AvgIpc) is 3.40. The van der Waals surface area contributed by atoms with Gasteiger partial charge in [-0.15, -0.1) is 0 Å².